The molecule has 2 rings (SSSR count). The van der Waals surface area contributed by atoms with E-state index in [4.69, 9.17) is 5.73 Å². The van der Waals surface area contributed by atoms with Crippen LogP contribution in [0, 0.1) is 0 Å². The third-order valence-electron chi connectivity index (χ3n) is 3.45. The summed E-state index contributed by atoms with van der Waals surface area (Å²) in [4.78, 5) is 9.28. The number of likely N-dealkylation sites (N-methyl/N-ethyl adjacent to an activating group) is 1. The quantitative estimate of drug-likeness (QED) is 0.837. The van der Waals surface area contributed by atoms with Gasteiger partial charge in [0.15, 0.2) is 0 Å². The molecule has 2 N–H and O–H groups in total. The topological polar surface area (TPSA) is 45.4 Å². The average Bonchev–Trinajstić information content (AvgIpc) is 2.57. The van der Waals surface area contributed by atoms with E-state index in [0.717, 1.165) is 25.3 Å². The lowest BCUT2D eigenvalue weighted by molar-refractivity contribution is 0.204. The van der Waals surface area contributed by atoms with Crippen LogP contribution in [0.25, 0.3) is 0 Å². The Bertz CT molecular complexity index is 327. The summed E-state index contributed by atoms with van der Waals surface area (Å²) < 4.78 is 0. The molecule has 0 bridgehead atoms. The maximum absolute atomic E-state index is 5.93. The standard InChI is InChI=1S/C13H22N4/c1-16-7-4-8-17(10-9-16)13(11-14)12-5-2-3-6-15-12/h2-3,5-6,13H,4,7-11,14H2,1H3. The third kappa shape index (κ3) is 3.25. The second-order valence-corrected chi connectivity index (χ2v) is 4.70. The van der Waals surface area contributed by atoms with Crippen LogP contribution in [-0.4, -0.2) is 54.6 Å². The largest absolute Gasteiger partial charge is 0.329 e. The SMILES string of the molecule is CN1CCCN(C(CN)c2ccccn2)CC1. The van der Waals surface area contributed by atoms with Gasteiger partial charge in [-0.1, -0.05) is 6.07 Å². The summed E-state index contributed by atoms with van der Waals surface area (Å²) >= 11 is 0. The van der Waals surface area contributed by atoms with E-state index in [1.165, 1.54) is 13.0 Å². The molecule has 1 aliphatic rings. The van der Waals surface area contributed by atoms with Crippen LogP contribution < -0.4 is 5.73 Å². The molecule has 0 aromatic carbocycles. The smallest absolute Gasteiger partial charge is 0.0644 e. The van der Waals surface area contributed by atoms with Gasteiger partial charge in [-0.15, -0.1) is 0 Å². The molecule has 0 spiro atoms. The number of nitrogens with zero attached hydrogens (tertiary/aromatic N) is 3. The number of rotatable bonds is 3. The molecule has 1 fully saturated rings. The molecular formula is C13H22N4. The summed E-state index contributed by atoms with van der Waals surface area (Å²) in [7, 11) is 2.18. The summed E-state index contributed by atoms with van der Waals surface area (Å²) in [5, 5.41) is 0. The summed E-state index contributed by atoms with van der Waals surface area (Å²) in [6, 6.07) is 6.33. The Kier molecular flexibility index (Phi) is 4.48. The highest BCUT2D eigenvalue weighted by molar-refractivity contribution is 5.09. The molecule has 1 saturated heterocycles. The van der Waals surface area contributed by atoms with E-state index < -0.39 is 0 Å². The predicted octanol–water partition coefficient (Wildman–Crippen LogP) is 0.719. The second kappa shape index (κ2) is 6.10. The average molecular weight is 234 g/mol. The maximum Gasteiger partial charge on any atom is 0.0644 e. The van der Waals surface area contributed by atoms with Crippen molar-refractivity contribution in [2.24, 2.45) is 5.73 Å². The van der Waals surface area contributed by atoms with Crippen LogP contribution in [0.4, 0.5) is 0 Å². The number of hydrogen-bond donors (Lipinski definition) is 1. The van der Waals surface area contributed by atoms with Crippen molar-refractivity contribution in [3.63, 3.8) is 0 Å². The van der Waals surface area contributed by atoms with Crippen molar-refractivity contribution in [1.82, 2.24) is 14.8 Å². The zero-order valence-electron chi connectivity index (χ0n) is 10.5. The van der Waals surface area contributed by atoms with Gasteiger partial charge in [0.1, 0.15) is 0 Å². The Morgan fingerprint density at radius 2 is 2.18 bits per heavy atom. The highest BCUT2D eigenvalue weighted by Gasteiger charge is 2.21. The molecule has 1 aromatic rings. The maximum atomic E-state index is 5.93. The minimum atomic E-state index is 0.266. The first-order valence-corrected chi connectivity index (χ1v) is 6.35. The fraction of sp³-hybridized carbons (Fsp3) is 0.615. The van der Waals surface area contributed by atoms with Gasteiger partial charge in [0.2, 0.25) is 0 Å². The van der Waals surface area contributed by atoms with E-state index >= 15 is 0 Å². The molecule has 1 aliphatic heterocycles. The van der Waals surface area contributed by atoms with Crippen molar-refractivity contribution in [1.29, 1.82) is 0 Å². The number of nitrogens with two attached hydrogens (primary N) is 1. The van der Waals surface area contributed by atoms with Gasteiger partial charge in [-0.2, -0.15) is 0 Å². The second-order valence-electron chi connectivity index (χ2n) is 4.70. The van der Waals surface area contributed by atoms with Gasteiger partial charge < -0.3 is 10.6 Å². The van der Waals surface area contributed by atoms with Crippen LogP contribution in [0.2, 0.25) is 0 Å². The van der Waals surface area contributed by atoms with Gasteiger partial charge in [0, 0.05) is 32.4 Å². The van der Waals surface area contributed by atoms with Gasteiger partial charge in [-0.05, 0) is 32.1 Å². The molecule has 4 nitrogen and oxygen atoms in total. The van der Waals surface area contributed by atoms with Crippen molar-refractivity contribution >= 4 is 0 Å². The van der Waals surface area contributed by atoms with Crippen molar-refractivity contribution in [3.8, 4) is 0 Å². The fourth-order valence-electron chi connectivity index (χ4n) is 2.41. The lowest BCUT2D eigenvalue weighted by Crippen LogP contribution is -2.36. The lowest BCUT2D eigenvalue weighted by atomic mass is 10.1. The van der Waals surface area contributed by atoms with E-state index in [-0.39, 0.29) is 6.04 Å². The summed E-state index contributed by atoms with van der Waals surface area (Å²) in [6.07, 6.45) is 3.06. The Morgan fingerprint density at radius 3 is 2.88 bits per heavy atom. The lowest BCUT2D eigenvalue weighted by Gasteiger charge is -2.29. The number of aromatic nitrogens is 1. The minimum Gasteiger partial charge on any atom is -0.329 e. The Labute approximate surface area is 103 Å². The third-order valence-corrected chi connectivity index (χ3v) is 3.45. The van der Waals surface area contributed by atoms with Crippen LogP contribution in [0.5, 0.6) is 0 Å². The predicted molar refractivity (Wildman–Crippen MR) is 69.7 cm³/mol. The summed E-state index contributed by atoms with van der Waals surface area (Å²) in [6.45, 7) is 5.12. The number of pyridine rings is 1. The van der Waals surface area contributed by atoms with Gasteiger partial charge >= 0.3 is 0 Å². The molecule has 0 saturated carbocycles. The first-order chi connectivity index (χ1) is 8.31. The highest BCUT2D eigenvalue weighted by Crippen LogP contribution is 2.18. The van der Waals surface area contributed by atoms with Crippen molar-refractivity contribution in [2.75, 3.05) is 39.8 Å². The molecular weight excluding hydrogens is 212 g/mol. The first-order valence-electron chi connectivity index (χ1n) is 6.35. The monoisotopic (exact) mass is 234 g/mol. The molecule has 2 heterocycles. The first kappa shape index (κ1) is 12.5. The van der Waals surface area contributed by atoms with Crippen molar-refractivity contribution < 1.29 is 0 Å². The van der Waals surface area contributed by atoms with Crippen LogP contribution in [0.1, 0.15) is 18.2 Å². The molecule has 1 aromatic heterocycles. The Balaban J connectivity index is 2.07. The Hall–Kier alpha value is -0.970. The van der Waals surface area contributed by atoms with E-state index in [9.17, 15) is 0 Å². The molecule has 94 valence electrons. The molecule has 0 radical (unpaired) electrons. The highest BCUT2D eigenvalue weighted by atomic mass is 15.2. The van der Waals surface area contributed by atoms with Gasteiger partial charge in [0.25, 0.3) is 0 Å². The molecule has 17 heavy (non-hydrogen) atoms. The molecule has 1 unspecified atom stereocenters. The molecule has 0 amide bonds. The number of hydrogen-bond acceptors (Lipinski definition) is 4. The van der Waals surface area contributed by atoms with Crippen LogP contribution >= 0.6 is 0 Å². The summed E-state index contributed by atoms with van der Waals surface area (Å²) in [5.74, 6) is 0. The van der Waals surface area contributed by atoms with E-state index in [0.29, 0.717) is 6.54 Å². The van der Waals surface area contributed by atoms with Crippen LogP contribution in [-0.2, 0) is 0 Å². The Morgan fingerprint density at radius 1 is 1.29 bits per heavy atom. The van der Waals surface area contributed by atoms with Gasteiger partial charge in [-0.3, -0.25) is 9.88 Å². The van der Waals surface area contributed by atoms with E-state index in [2.05, 4.69) is 27.9 Å². The minimum absolute atomic E-state index is 0.266. The van der Waals surface area contributed by atoms with E-state index in [1.54, 1.807) is 0 Å². The zero-order valence-corrected chi connectivity index (χ0v) is 10.5. The van der Waals surface area contributed by atoms with Crippen molar-refractivity contribution in [2.45, 2.75) is 12.5 Å². The van der Waals surface area contributed by atoms with Crippen molar-refractivity contribution in [3.05, 3.63) is 30.1 Å². The molecule has 1 atom stereocenters. The summed E-state index contributed by atoms with van der Waals surface area (Å²) in [5.41, 5.74) is 7.02. The van der Waals surface area contributed by atoms with Crippen LogP contribution in [0.3, 0.4) is 0 Å². The zero-order chi connectivity index (χ0) is 12.1. The normalized spacial score (nSPS) is 21.1. The molecule has 4 heteroatoms. The molecule has 0 aliphatic carbocycles. The fourth-order valence-corrected chi connectivity index (χ4v) is 2.41. The van der Waals surface area contributed by atoms with Crippen LogP contribution in [0.15, 0.2) is 24.4 Å². The van der Waals surface area contributed by atoms with E-state index in [1.807, 2.05) is 18.3 Å². The van der Waals surface area contributed by atoms with Gasteiger partial charge in [-0.25, -0.2) is 0 Å². The van der Waals surface area contributed by atoms with Gasteiger partial charge in [0.05, 0.1) is 11.7 Å².